The van der Waals surface area contributed by atoms with Gasteiger partial charge in [-0.1, -0.05) is 17.7 Å². The van der Waals surface area contributed by atoms with Crippen molar-refractivity contribution >= 4 is 17.5 Å². The Labute approximate surface area is 104 Å². The number of benzene rings is 1. The molecule has 0 aliphatic carbocycles. The minimum atomic E-state index is -0.395. The molecule has 1 aromatic rings. The molecule has 0 unspecified atom stereocenters. The van der Waals surface area contributed by atoms with E-state index in [4.69, 9.17) is 26.7 Å². The fraction of sp³-hybridized carbons (Fsp3) is 0.273. The van der Waals surface area contributed by atoms with Crippen molar-refractivity contribution in [3.05, 3.63) is 28.8 Å². The lowest BCUT2D eigenvalue weighted by Crippen LogP contribution is -2.29. The molecule has 0 radical (unpaired) electrons. The molecule has 1 rings (SSSR count). The standard InChI is InChI=1S/C11H11ClN2O3/c12-9-5-8(6-15)1-2-10(9)17-7-11(16)14-4-3-13/h1-2,5,15H,4,6-7H2,(H,14,16). The molecular formula is C11H11ClN2O3. The van der Waals surface area contributed by atoms with Crippen LogP contribution in [0.25, 0.3) is 0 Å². The third-order valence-corrected chi connectivity index (χ3v) is 2.20. The van der Waals surface area contributed by atoms with E-state index in [1.54, 1.807) is 24.3 Å². The van der Waals surface area contributed by atoms with Crippen molar-refractivity contribution in [2.24, 2.45) is 0 Å². The molecule has 17 heavy (non-hydrogen) atoms. The molecule has 0 fully saturated rings. The molecule has 6 heteroatoms. The molecule has 5 nitrogen and oxygen atoms in total. The van der Waals surface area contributed by atoms with Gasteiger partial charge in [0, 0.05) is 0 Å². The quantitative estimate of drug-likeness (QED) is 0.763. The predicted molar refractivity (Wildman–Crippen MR) is 61.5 cm³/mol. The van der Waals surface area contributed by atoms with Gasteiger partial charge in [-0.05, 0) is 17.7 Å². The number of aliphatic hydroxyl groups is 1. The summed E-state index contributed by atoms with van der Waals surface area (Å²) in [6.45, 7) is -0.373. The normalized spacial score (nSPS) is 9.47. The number of ether oxygens (including phenoxy) is 1. The van der Waals surface area contributed by atoms with Crippen LogP contribution in [0.5, 0.6) is 5.75 Å². The fourth-order valence-electron chi connectivity index (χ4n) is 1.09. The number of carbonyl (C=O) groups excluding carboxylic acids is 1. The highest BCUT2D eigenvalue weighted by Gasteiger charge is 2.06. The minimum absolute atomic E-state index is 0.0562. The van der Waals surface area contributed by atoms with Gasteiger partial charge < -0.3 is 15.2 Å². The minimum Gasteiger partial charge on any atom is -0.482 e. The molecule has 0 saturated carbocycles. The monoisotopic (exact) mass is 254 g/mol. The summed E-state index contributed by atoms with van der Waals surface area (Å²) >= 11 is 5.88. The van der Waals surface area contributed by atoms with Crippen molar-refractivity contribution in [2.45, 2.75) is 6.61 Å². The molecule has 90 valence electrons. The molecule has 0 atom stereocenters. The van der Waals surface area contributed by atoms with Crippen LogP contribution in [0, 0.1) is 11.3 Å². The van der Waals surface area contributed by atoms with Gasteiger partial charge in [-0.25, -0.2) is 0 Å². The van der Waals surface area contributed by atoms with Crippen LogP contribution in [0.15, 0.2) is 18.2 Å². The maximum atomic E-state index is 11.1. The second kappa shape index (κ2) is 6.74. The van der Waals surface area contributed by atoms with Crippen LogP contribution in [0.2, 0.25) is 5.02 Å². The zero-order chi connectivity index (χ0) is 12.7. The number of rotatable bonds is 5. The lowest BCUT2D eigenvalue weighted by Gasteiger charge is -2.08. The van der Waals surface area contributed by atoms with Gasteiger partial charge in [0.25, 0.3) is 5.91 Å². The fourth-order valence-corrected chi connectivity index (χ4v) is 1.35. The second-order valence-corrected chi connectivity index (χ2v) is 3.55. The molecule has 0 saturated heterocycles. The first kappa shape index (κ1) is 13.3. The van der Waals surface area contributed by atoms with Gasteiger partial charge in [0.2, 0.25) is 0 Å². The number of amides is 1. The van der Waals surface area contributed by atoms with E-state index in [0.29, 0.717) is 16.3 Å². The van der Waals surface area contributed by atoms with Gasteiger partial charge in [0.1, 0.15) is 12.3 Å². The number of carbonyl (C=O) groups is 1. The third kappa shape index (κ3) is 4.31. The van der Waals surface area contributed by atoms with E-state index < -0.39 is 5.91 Å². The topological polar surface area (TPSA) is 82.4 Å². The smallest absolute Gasteiger partial charge is 0.258 e. The summed E-state index contributed by atoms with van der Waals surface area (Å²) in [7, 11) is 0. The van der Waals surface area contributed by atoms with Crippen molar-refractivity contribution in [1.29, 1.82) is 5.26 Å². The van der Waals surface area contributed by atoms with Crippen LogP contribution < -0.4 is 10.1 Å². The van der Waals surface area contributed by atoms with Gasteiger partial charge in [0.15, 0.2) is 6.61 Å². The maximum Gasteiger partial charge on any atom is 0.258 e. The number of aliphatic hydroxyl groups excluding tert-OH is 1. The van der Waals surface area contributed by atoms with Crippen LogP contribution in [0.4, 0.5) is 0 Å². The average Bonchev–Trinajstić information content (AvgIpc) is 2.34. The van der Waals surface area contributed by atoms with Crippen molar-refractivity contribution < 1.29 is 14.6 Å². The number of nitrogens with zero attached hydrogens (tertiary/aromatic N) is 1. The van der Waals surface area contributed by atoms with E-state index in [0.717, 1.165) is 0 Å². The molecule has 0 bridgehead atoms. The Morgan fingerprint density at radius 2 is 2.35 bits per heavy atom. The van der Waals surface area contributed by atoms with Crippen LogP contribution in [0.3, 0.4) is 0 Å². The van der Waals surface area contributed by atoms with Gasteiger partial charge in [0.05, 0.1) is 17.7 Å². The van der Waals surface area contributed by atoms with Crippen LogP contribution >= 0.6 is 11.6 Å². The largest absolute Gasteiger partial charge is 0.482 e. The summed E-state index contributed by atoms with van der Waals surface area (Å²) < 4.78 is 5.16. The maximum absolute atomic E-state index is 11.1. The van der Waals surface area contributed by atoms with E-state index >= 15 is 0 Å². The Kier molecular flexibility index (Phi) is 5.27. The van der Waals surface area contributed by atoms with Crippen LogP contribution in [-0.2, 0) is 11.4 Å². The number of nitrogens with one attached hydrogen (secondary N) is 1. The van der Waals surface area contributed by atoms with E-state index in [1.807, 2.05) is 0 Å². The predicted octanol–water partition coefficient (Wildman–Crippen LogP) is 0.851. The van der Waals surface area contributed by atoms with Crippen molar-refractivity contribution in [2.75, 3.05) is 13.2 Å². The van der Waals surface area contributed by atoms with E-state index in [-0.39, 0.29) is 19.8 Å². The zero-order valence-corrected chi connectivity index (χ0v) is 9.70. The first-order chi connectivity index (χ1) is 8.17. The van der Waals surface area contributed by atoms with Crippen LogP contribution in [-0.4, -0.2) is 24.2 Å². The van der Waals surface area contributed by atoms with E-state index in [1.165, 1.54) is 0 Å². The number of nitriles is 1. The SMILES string of the molecule is N#CCNC(=O)COc1ccc(CO)cc1Cl. The highest BCUT2D eigenvalue weighted by atomic mass is 35.5. The highest BCUT2D eigenvalue weighted by Crippen LogP contribution is 2.25. The van der Waals surface area contributed by atoms with E-state index in [9.17, 15) is 4.79 Å². The highest BCUT2D eigenvalue weighted by molar-refractivity contribution is 6.32. The third-order valence-electron chi connectivity index (χ3n) is 1.90. The Hall–Kier alpha value is -1.77. The van der Waals surface area contributed by atoms with E-state index in [2.05, 4.69) is 5.32 Å². The molecular weight excluding hydrogens is 244 g/mol. The van der Waals surface area contributed by atoms with Gasteiger partial charge in [-0.2, -0.15) is 5.26 Å². The van der Waals surface area contributed by atoms with Crippen LogP contribution in [0.1, 0.15) is 5.56 Å². The first-order valence-corrected chi connectivity index (χ1v) is 5.21. The number of hydrogen-bond acceptors (Lipinski definition) is 4. The molecule has 2 N–H and O–H groups in total. The summed E-state index contributed by atoms with van der Waals surface area (Å²) in [5.41, 5.74) is 0.663. The van der Waals surface area contributed by atoms with Gasteiger partial charge >= 0.3 is 0 Å². The molecule has 0 aliphatic rings. The molecule has 0 aromatic heterocycles. The second-order valence-electron chi connectivity index (χ2n) is 3.15. The average molecular weight is 255 g/mol. The van der Waals surface area contributed by atoms with Crippen molar-refractivity contribution in [1.82, 2.24) is 5.32 Å². The summed E-state index contributed by atoms with van der Waals surface area (Å²) in [4.78, 5) is 11.1. The lowest BCUT2D eigenvalue weighted by molar-refractivity contribution is -0.122. The summed E-state index contributed by atoms with van der Waals surface area (Å²) in [6.07, 6.45) is 0. The van der Waals surface area contributed by atoms with Gasteiger partial charge in [-0.15, -0.1) is 0 Å². The summed E-state index contributed by atoms with van der Waals surface area (Å²) in [6, 6.07) is 6.56. The summed E-state index contributed by atoms with van der Waals surface area (Å²) in [5.74, 6) is -0.0372. The molecule has 0 heterocycles. The van der Waals surface area contributed by atoms with Crippen molar-refractivity contribution in [3.8, 4) is 11.8 Å². The zero-order valence-electron chi connectivity index (χ0n) is 8.94. The van der Waals surface area contributed by atoms with Crippen molar-refractivity contribution in [3.63, 3.8) is 0 Å². The molecule has 1 amide bonds. The molecule has 0 spiro atoms. The Balaban J connectivity index is 2.52. The Morgan fingerprint density at radius 1 is 1.59 bits per heavy atom. The molecule has 1 aromatic carbocycles. The molecule has 0 aliphatic heterocycles. The number of halogens is 1. The first-order valence-electron chi connectivity index (χ1n) is 4.83. The lowest BCUT2D eigenvalue weighted by atomic mass is 10.2. The Morgan fingerprint density at radius 3 is 2.94 bits per heavy atom. The number of hydrogen-bond donors (Lipinski definition) is 2. The van der Waals surface area contributed by atoms with Gasteiger partial charge in [-0.3, -0.25) is 4.79 Å². The Bertz CT molecular complexity index is 443. The summed E-state index contributed by atoms with van der Waals surface area (Å²) in [5, 5.41) is 19.8.